The number of fused-ring (bicyclic) bond motifs is 1. The van der Waals surface area contributed by atoms with Crippen molar-refractivity contribution in [3.05, 3.63) is 65.2 Å². The number of rotatable bonds is 1. The van der Waals surface area contributed by atoms with E-state index in [4.69, 9.17) is 4.99 Å². The van der Waals surface area contributed by atoms with E-state index in [1.807, 2.05) is 6.07 Å². The predicted molar refractivity (Wildman–Crippen MR) is 81.5 cm³/mol. The molecule has 0 N–H and O–H groups in total. The van der Waals surface area contributed by atoms with Crippen LogP contribution >= 0.6 is 0 Å². The van der Waals surface area contributed by atoms with Crippen LogP contribution in [-0.4, -0.2) is 5.71 Å². The summed E-state index contributed by atoms with van der Waals surface area (Å²) in [7, 11) is 0. The molecule has 3 rings (SSSR count). The lowest BCUT2D eigenvalue weighted by Gasteiger charge is -2.19. The number of nitrogens with zero attached hydrogens (tertiary/aromatic N) is 1. The van der Waals surface area contributed by atoms with Gasteiger partial charge >= 0.3 is 0 Å². The van der Waals surface area contributed by atoms with Crippen molar-refractivity contribution in [2.24, 2.45) is 4.99 Å². The Labute approximate surface area is 115 Å². The van der Waals surface area contributed by atoms with Crippen LogP contribution in [0.2, 0.25) is 0 Å². The molecule has 0 aromatic heterocycles. The van der Waals surface area contributed by atoms with E-state index in [-0.39, 0.29) is 5.41 Å². The maximum atomic E-state index is 4.81. The zero-order valence-corrected chi connectivity index (χ0v) is 11.8. The molecular formula is C18H19N. The van der Waals surface area contributed by atoms with Crippen LogP contribution in [0.3, 0.4) is 0 Å². The van der Waals surface area contributed by atoms with E-state index in [0.717, 1.165) is 12.1 Å². The Morgan fingerprint density at radius 3 is 2.37 bits per heavy atom. The highest BCUT2D eigenvalue weighted by Gasteiger charge is 2.20. The van der Waals surface area contributed by atoms with Crippen molar-refractivity contribution in [3.63, 3.8) is 0 Å². The van der Waals surface area contributed by atoms with E-state index in [2.05, 4.69) is 63.2 Å². The molecule has 0 fully saturated rings. The van der Waals surface area contributed by atoms with Crippen molar-refractivity contribution in [1.29, 1.82) is 0 Å². The smallest absolute Gasteiger partial charge is 0.0672 e. The average molecular weight is 249 g/mol. The second-order valence-electron chi connectivity index (χ2n) is 6.19. The standard InChI is InChI=1S/C18H19N/c1-18(2,3)15-10-9-14-11-16(19-17(14)12-15)13-7-5-4-6-8-13/h4-10,12H,11H2,1-3H3. The molecule has 96 valence electrons. The molecule has 0 saturated carbocycles. The van der Waals surface area contributed by atoms with Gasteiger partial charge in [-0.1, -0.05) is 63.2 Å². The summed E-state index contributed by atoms with van der Waals surface area (Å²) in [6.07, 6.45) is 0.948. The van der Waals surface area contributed by atoms with Gasteiger partial charge in [0.05, 0.1) is 11.4 Å². The van der Waals surface area contributed by atoms with Gasteiger partial charge in [0, 0.05) is 6.42 Å². The lowest BCUT2D eigenvalue weighted by molar-refractivity contribution is 0.590. The highest BCUT2D eigenvalue weighted by Crippen LogP contribution is 2.33. The van der Waals surface area contributed by atoms with Gasteiger partial charge in [0.15, 0.2) is 0 Å². The molecule has 2 aromatic rings. The molecule has 2 aromatic carbocycles. The highest BCUT2D eigenvalue weighted by molar-refractivity contribution is 6.06. The third kappa shape index (κ3) is 2.33. The molecule has 1 nitrogen and oxygen atoms in total. The fraction of sp³-hybridized carbons (Fsp3) is 0.278. The first kappa shape index (κ1) is 12.2. The minimum absolute atomic E-state index is 0.181. The first-order valence-corrected chi connectivity index (χ1v) is 6.80. The fourth-order valence-electron chi connectivity index (χ4n) is 2.45. The van der Waals surface area contributed by atoms with Gasteiger partial charge in [0.25, 0.3) is 0 Å². The molecule has 19 heavy (non-hydrogen) atoms. The molecule has 0 spiro atoms. The first-order valence-electron chi connectivity index (χ1n) is 6.80. The fourth-order valence-corrected chi connectivity index (χ4v) is 2.45. The van der Waals surface area contributed by atoms with Gasteiger partial charge in [-0.15, -0.1) is 0 Å². The van der Waals surface area contributed by atoms with Crippen molar-refractivity contribution < 1.29 is 0 Å². The van der Waals surface area contributed by atoms with Crippen molar-refractivity contribution in [3.8, 4) is 0 Å². The molecule has 0 aliphatic carbocycles. The van der Waals surface area contributed by atoms with Crippen molar-refractivity contribution in [2.45, 2.75) is 32.6 Å². The van der Waals surface area contributed by atoms with Gasteiger partial charge in [-0.05, 0) is 28.2 Å². The first-order chi connectivity index (χ1) is 9.04. The largest absolute Gasteiger partial charge is 0.252 e. The Hall–Kier alpha value is -1.89. The van der Waals surface area contributed by atoms with Crippen LogP contribution in [0.25, 0.3) is 0 Å². The molecule has 1 aliphatic heterocycles. The van der Waals surface area contributed by atoms with Crippen molar-refractivity contribution >= 4 is 11.4 Å². The molecule has 0 unspecified atom stereocenters. The second kappa shape index (κ2) is 4.34. The van der Waals surface area contributed by atoms with Crippen LogP contribution in [-0.2, 0) is 11.8 Å². The average Bonchev–Trinajstić information content (AvgIpc) is 2.81. The summed E-state index contributed by atoms with van der Waals surface area (Å²) in [5, 5.41) is 0. The van der Waals surface area contributed by atoms with E-state index < -0.39 is 0 Å². The molecular weight excluding hydrogens is 230 g/mol. The maximum Gasteiger partial charge on any atom is 0.0672 e. The Morgan fingerprint density at radius 2 is 1.68 bits per heavy atom. The van der Waals surface area contributed by atoms with Gasteiger partial charge in [0.1, 0.15) is 0 Å². The van der Waals surface area contributed by atoms with Crippen LogP contribution in [0, 0.1) is 0 Å². The van der Waals surface area contributed by atoms with Gasteiger partial charge in [-0.25, -0.2) is 0 Å². The maximum absolute atomic E-state index is 4.81. The van der Waals surface area contributed by atoms with Gasteiger partial charge in [-0.2, -0.15) is 0 Å². The highest BCUT2D eigenvalue weighted by atomic mass is 14.8. The van der Waals surface area contributed by atoms with Crippen molar-refractivity contribution in [1.82, 2.24) is 0 Å². The Bertz CT molecular complexity index is 630. The van der Waals surface area contributed by atoms with Crippen LogP contribution < -0.4 is 0 Å². The third-order valence-electron chi connectivity index (χ3n) is 3.67. The van der Waals surface area contributed by atoms with Crippen molar-refractivity contribution in [2.75, 3.05) is 0 Å². The van der Waals surface area contributed by atoms with Gasteiger partial charge in [-0.3, -0.25) is 4.99 Å². The lowest BCUT2D eigenvalue weighted by Crippen LogP contribution is -2.10. The summed E-state index contributed by atoms with van der Waals surface area (Å²) in [6.45, 7) is 6.72. The molecule has 1 heteroatoms. The number of hydrogen-bond acceptors (Lipinski definition) is 1. The number of benzene rings is 2. The molecule has 1 aliphatic rings. The summed E-state index contributed by atoms with van der Waals surface area (Å²) in [5.74, 6) is 0. The molecule has 0 atom stereocenters. The normalized spacial score (nSPS) is 14.2. The summed E-state index contributed by atoms with van der Waals surface area (Å²) < 4.78 is 0. The molecule has 0 radical (unpaired) electrons. The summed E-state index contributed by atoms with van der Waals surface area (Å²) in [5.41, 5.74) is 6.43. The van der Waals surface area contributed by atoms with Gasteiger partial charge < -0.3 is 0 Å². The lowest BCUT2D eigenvalue weighted by atomic mass is 9.86. The van der Waals surface area contributed by atoms with E-state index >= 15 is 0 Å². The van der Waals surface area contributed by atoms with Crippen LogP contribution in [0.1, 0.15) is 37.5 Å². The van der Waals surface area contributed by atoms with Crippen LogP contribution in [0.15, 0.2) is 53.5 Å². The topological polar surface area (TPSA) is 12.4 Å². The van der Waals surface area contributed by atoms with Crippen LogP contribution in [0.5, 0.6) is 0 Å². The molecule has 0 amide bonds. The minimum Gasteiger partial charge on any atom is -0.252 e. The minimum atomic E-state index is 0.181. The Balaban J connectivity index is 1.99. The van der Waals surface area contributed by atoms with E-state index in [9.17, 15) is 0 Å². The Morgan fingerprint density at radius 1 is 0.947 bits per heavy atom. The zero-order chi connectivity index (χ0) is 13.5. The molecule has 0 bridgehead atoms. The van der Waals surface area contributed by atoms with E-state index in [1.165, 1.54) is 22.4 Å². The number of hydrogen-bond donors (Lipinski definition) is 0. The molecule has 0 saturated heterocycles. The summed E-state index contributed by atoms with van der Waals surface area (Å²) in [4.78, 5) is 4.81. The SMILES string of the molecule is CC(C)(C)c1ccc2c(c1)N=C(c1ccccc1)C2. The van der Waals surface area contributed by atoms with E-state index in [0.29, 0.717) is 0 Å². The van der Waals surface area contributed by atoms with E-state index in [1.54, 1.807) is 0 Å². The van der Waals surface area contributed by atoms with Gasteiger partial charge in [0.2, 0.25) is 0 Å². The predicted octanol–water partition coefficient (Wildman–Crippen LogP) is 4.66. The summed E-state index contributed by atoms with van der Waals surface area (Å²) >= 11 is 0. The second-order valence-corrected chi connectivity index (χ2v) is 6.19. The molecule has 1 heterocycles. The monoisotopic (exact) mass is 249 g/mol. The Kier molecular flexibility index (Phi) is 2.78. The summed E-state index contributed by atoms with van der Waals surface area (Å²) in [6, 6.07) is 17.2. The number of aliphatic imine (C=N–C) groups is 1. The quantitative estimate of drug-likeness (QED) is 0.697. The van der Waals surface area contributed by atoms with Crippen LogP contribution in [0.4, 0.5) is 5.69 Å². The zero-order valence-electron chi connectivity index (χ0n) is 11.8. The third-order valence-corrected chi connectivity index (χ3v) is 3.67.